The molecule has 0 aliphatic heterocycles. The van der Waals surface area contributed by atoms with Crippen molar-refractivity contribution in [3.63, 3.8) is 0 Å². The number of allylic oxidation sites excluding steroid dienone is 3. The van der Waals surface area contributed by atoms with Gasteiger partial charge < -0.3 is 15.7 Å². The van der Waals surface area contributed by atoms with Gasteiger partial charge >= 0.3 is 12.0 Å². The summed E-state index contributed by atoms with van der Waals surface area (Å²) in [6, 6.07) is 9.07. The Morgan fingerprint density at radius 3 is 2.31 bits per heavy atom. The largest absolute Gasteiger partial charge is 0.481 e. The molecule has 8 heteroatoms. The van der Waals surface area contributed by atoms with Crippen molar-refractivity contribution in [3.8, 4) is 0 Å². The molecule has 0 spiro atoms. The van der Waals surface area contributed by atoms with E-state index in [1.807, 2.05) is 55.9 Å². The molecule has 0 saturated carbocycles. The lowest BCUT2D eigenvalue weighted by atomic mass is 10.2. The molecule has 3 N–H and O–H groups in total. The van der Waals surface area contributed by atoms with Gasteiger partial charge in [0.2, 0.25) is 0 Å². The van der Waals surface area contributed by atoms with Crippen LogP contribution in [-0.4, -0.2) is 53.2 Å². The molecule has 1 unspecified atom stereocenters. The molecule has 0 aromatic heterocycles. The molecule has 0 radical (unpaired) electrons. The lowest BCUT2D eigenvalue weighted by molar-refractivity contribution is -0.137. The van der Waals surface area contributed by atoms with Crippen LogP contribution in [0, 0.1) is 0 Å². The molecule has 0 aliphatic rings. The van der Waals surface area contributed by atoms with Gasteiger partial charge in [-0.25, -0.2) is 4.79 Å². The number of aliphatic carboxylic acids is 1. The molecule has 0 saturated heterocycles. The van der Waals surface area contributed by atoms with Crippen molar-refractivity contribution in [2.45, 2.75) is 38.1 Å². The number of benzene rings is 1. The molecule has 1 aromatic carbocycles. The van der Waals surface area contributed by atoms with Crippen LogP contribution in [-0.2, 0) is 4.79 Å². The van der Waals surface area contributed by atoms with E-state index in [0.717, 1.165) is 15.6 Å². The first-order valence-electron chi connectivity index (χ1n) is 10.5. The van der Waals surface area contributed by atoms with E-state index in [4.69, 9.17) is 5.11 Å². The van der Waals surface area contributed by atoms with Gasteiger partial charge in [0.15, 0.2) is 0 Å². The second-order valence-electron chi connectivity index (χ2n) is 5.75. The number of carbonyl (C=O) groups excluding carboxylic acids is 1. The van der Waals surface area contributed by atoms with E-state index in [-0.39, 0.29) is 12.5 Å². The Kier molecular flexibility index (Phi) is 24.2. The number of nitrogens with one attached hydrogen (secondary N) is 2. The van der Waals surface area contributed by atoms with Crippen molar-refractivity contribution >= 4 is 47.3 Å². The van der Waals surface area contributed by atoms with Gasteiger partial charge in [0, 0.05) is 27.9 Å². The fourth-order valence-electron chi connectivity index (χ4n) is 1.94. The zero-order valence-electron chi connectivity index (χ0n) is 19.6. The van der Waals surface area contributed by atoms with E-state index in [2.05, 4.69) is 37.0 Å². The maximum absolute atomic E-state index is 12.0. The smallest absolute Gasteiger partial charge is 0.315 e. The lowest BCUT2D eigenvalue weighted by Crippen LogP contribution is -2.44. The summed E-state index contributed by atoms with van der Waals surface area (Å²) in [5.41, 5.74) is 0. The summed E-state index contributed by atoms with van der Waals surface area (Å²) in [4.78, 5) is 25.0. The third-order valence-corrected chi connectivity index (χ3v) is 6.18. The van der Waals surface area contributed by atoms with Crippen LogP contribution in [0.15, 0.2) is 71.5 Å². The van der Waals surface area contributed by atoms with Crippen molar-refractivity contribution < 1.29 is 14.7 Å². The zero-order valence-corrected chi connectivity index (χ0v) is 22.1. The van der Waals surface area contributed by atoms with Crippen LogP contribution >= 0.6 is 35.3 Å². The first-order chi connectivity index (χ1) is 15.5. The Labute approximate surface area is 207 Å². The van der Waals surface area contributed by atoms with Gasteiger partial charge in [0.05, 0.1) is 12.5 Å². The van der Waals surface area contributed by atoms with Crippen molar-refractivity contribution in [3.05, 3.63) is 66.6 Å². The third kappa shape index (κ3) is 20.2. The Morgan fingerprint density at radius 2 is 1.81 bits per heavy atom. The second-order valence-corrected chi connectivity index (χ2v) is 9.17. The van der Waals surface area contributed by atoms with Crippen molar-refractivity contribution in [1.29, 1.82) is 0 Å². The maximum atomic E-state index is 12.0. The van der Waals surface area contributed by atoms with E-state index >= 15 is 0 Å². The van der Waals surface area contributed by atoms with Crippen LogP contribution in [0.3, 0.4) is 0 Å². The first-order valence-corrected chi connectivity index (χ1v) is 13.8. The molecule has 32 heavy (non-hydrogen) atoms. The molecule has 0 fully saturated rings. The van der Waals surface area contributed by atoms with Gasteiger partial charge in [-0.05, 0) is 30.2 Å². The minimum absolute atomic E-state index is 0.141. The highest BCUT2D eigenvalue weighted by Gasteiger charge is 2.16. The molecule has 5 nitrogen and oxygen atoms in total. The van der Waals surface area contributed by atoms with Gasteiger partial charge in [-0.15, -0.1) is 23.5 Å². The predicted octanol–water partition coefficient (Wildman–Crippen LogP) is 6.31. The monoisotopic (exact) mass is 498 g/mol. The molecular formula is C24H38N2O3S3. The molecule has 1 aromatic rings. The summed E-state index contributed by atoms with van der Waals surface area (Å²) in [6.45, 7) is 14.0. The van der Waals surface area contributed by atoms with Crippen LogP contribution in [0.4, 0.5) is 4.79 Å². The number of carboxylic acids is 1. The van der Waals surface area contributed by atoms with E-state index < -0.39 is 12.0 Å². The van der Waals surface area contributed by atoms with Crippen LogP contribution < -0.4 is 10.6 Å². The number of carboxylic acid groups (broad SMARTS) is 1. The number of thioether (sulfide) groups is 3. The molecule has 1 rings (SSSR count). The predicted molar refractivity (Wildman–Crippen MR) is 146 cm³/mol. The summed E-state index contributed by atoms with van der Waals surface area (Å²) in [6.07, 6.45) is 7.06. The van der Waals surface area contributed by atoms with Crippen molar-refractivity contribution in [2.75, 3.05) is 30.1 Å². The highest BCUT2D eigenvalue weighted by Crippen LogP contribution is 2.19. The maximum Gasteiger partial charge on any atom is 0.315 e. The number of rotatable bonds is 13. The Hall–Kier alpha value is -1.77. The summed E-state index contributed by atoms with van der Waals surface area (Å²) in [7, 11) is 0. The zero-order chi connectivity index (χ0) is 24.6. The van der Waals surface area contributed by atoms with Crippen LogP contribution in [0.1, 0.15) is 27.2 Å². The normalized spacial score (nSPS) is 10.9. The van der Waals surface area contributed by atoms with Gasteiger partial charge in [-0.1, -0.05) is 64.3 Å². The van der Waals surface area contributed by atoms with E-state index in [1.54, 1.807) is 30.0 Å². The van der Waals surface area contributed by atoms with Crippen molar-refractivity contribution in [1.82, 2.24) is 10.6 Å². The summed E-state index contributed by atoms with van der Waals surface area (Å²) < 4.78 is 0. The van der Waals surface area contributed by atoms with Crippen LogP contribution in [0.25, 0.3) is 0 Å². The quantitative estimate of drug-likeness (QED) is 0.168. The SMILES string of the molecule is C=C/C=C(\C=C)SCC(CC(=O)O)NC(=O)NCCSc1ccccc1.CC.CCSC. The summed E-state index contributed by atoms with van der Waals surface area (Å²) in [5.74, 6) is 1.45. The standard InChI is InChI=1S/C19H24N2O3S2.C3H8S.C2H6/c1-3-8-16(4-2)26-14-15(13-18(22)23)21-19(24)20-11-12-25-17-9-6-5-7-10-17;1-3-4-2;1-2/h3-10,15H,1-2,11-14H2,(H,22,23)(H2,20,21,24);3H2,1-2H3;1-2H3/b16-8+;;. The molecule has 0 aliphatic carbocycles. The van der Waals surface area contributed by atoms with Crippen molar-refractivity contribution in [2.24, 2.45) is 0 Å². The summed E-state index contributed by atoms with van der Waals surface area (Å²) >= 11 is 4.93. The van der Waals surface area contributed by atoms with E-state index in [9.17, 15) is 9.59 Å². The van der Waals surface area contributed by atoms with Gasteiger partial charge in [-0.2, -0.15) is 11.8 Å². The fraction of sp³-hybridized carbons (Fsp3) is 0.417. The van der Waals surface area contributed by atoms with Gasteiger partial charge in [0.25, 0.3) is 0 Å². The van der Waals surface area contributed by atoms with E-state index in [0.29, 0.717) is 12.3 Å². The number of hydrogen-bond acceptors (Lipinski definition) is 5. The highest BCUT2D eigenvalue weighted by atomic mass is 32.2. The first kappa shape index (κ1) is 32.4. The minimum Gasteiger partial charge on any atom is -0.481 e. The Morgan fingerprint density at radius 1 is 1.19 bits per heavy atom. The summed E-state index contributed by atoms with van der Waals surface area (Å²) in [5, 5.41) is 14.5. The Balaban J connectivity index is 0. The molecule has 180 valence electrons. The average molecular weight is 499 g/mol. The van der Waals surface area contributed by atoms with E-state index in [1.165, 1.54) is 17.5 Å². The minimum atomic E-state index is -0.955. The number of amides is 2. The number of hydrogen-bond donors (Lipinski definition) is 3. The topological polar surface area (TPSA) is 78.4 Å². The van der Waals surface area contributed by atoms with Crippen LogP contribution in [0.2, 0.25) is 0 Å². The Bertz CT molecular complexity index is 666. The molecule has 0 bridgehead atoms. The highest BCUT2D eigenvalue weighted by molar-refractivity contribution is 8.03. The number of carbonyl (C=O) groups is 2. The lowest BCUT2D eigenvalue weighted by Gasteiger charge is -2.17. The molecular weight excluding hydrogens is 460 g/mol. The van der Waals surface area contributed by atoms with Crippen LogP contribution in [0.5, 0.6) is 0 Å². The van der Waals surface area contributed by atoms with Gasteiger partial charge in [0.1, 0.15) is 0 Å². The molecule has 2 amide bonds. The number of urea groups is 1. The average Bonchev–Trinajstić information content (AvgIpc) is 2.81. The third-order valence-electron chi connectivity index (χ3n) is 3.38. The fourth-order valence-corrected chi connectivity index (χ4v) is 3.63. The second kappa shape index (κ2) is 23.9. The molecule has 1 atom stereocenters. The molecule has 0 heterocycles. The van der Waals surface area contributed by atoms with Gasteiger partial charge in [-0.3, -0.25) is 4.79 Å².